The number of ether oxygens (including phenoxy) is 2. The van der Waals surface area contributed by atoms with Gasteiger partial charge in [0, 0.05) is 31.4 Å². The van der Waals surface area contributed by atoms with Gasteiger partial charge in [0.1, 0.15) is 0 Å². The molecule has 7 nitrogen and oxygen atoms in total. The molecule has 0 atom stereocenters. The van der Waals surface area contributed by atoms with Crippen molar-refractivity contribution in [3.63, 3.8) is 0 Å². The Morgan fingerprint density at radius 2 is 1.68 bits per heavy atom. The lowest BCUT2D eigenvalue weighted by Crippen LogP contribution is -2.42. The van der Waals surface area contributed by atoms with E-state index in [0.717, 1.165) is 12.3 Å². The van der Waals surface area contributed by atoms with Crippen LogP contribution in [0.15, 0.2) is 42.1 Å². The third-order valence-corrected chi connectivity index (χ3v) is 3.79. The molecule has 148 valence electrons. The zero-order chi connectivity index (χ0) is 20.7. The largest absolute Gasteiger partial charge is 0.435 e. The van der Waals surface area contributed by atoms with E-state index in [4.69, 9.17) is 9.47 Å². The molecule has 0 unspecified atom stereocenters. The number of aromatic nitrogens is 2. The fourth-order valence-corrected chi connectivity index (χ4v) is 2.51. The molecule has 1 aromatic carbocycles. The predicted octanol–water partition coefficient (Wildman–Crippen LogP) is 3.33. The van der Waals surface area contributed by atoms with Gasteiger partial charge in [-0.1, -0.05) is 0 Å². The third kappa shape index (κ3) is 4.00. The van der Waals surface area contributed by atoms with E-state index in [1.807, 2.05) is 0 Å². The lowest BCUT2D eigenvalue weighted by Gasteiger charge is -2.29. The van der Waals surface area contributed by atoms with Crippen molar-refractivity contribution in [3.05, 3.63) is 53.5 Å². The molecular weight excluding hydrogens is 379 g/mol. The number of anilines is 1. The number of nitrogens with zero attached hydrogens (tertiary/aromatic N) is 2. The van der Waals surface area contributed by atoms with E-state index in [1.165, 1.54) is 25.5 Å². The Morgan fingerprint density at radius 1 is 1.11 bits per heavy atom. The molecule has 1 aromatic heterocycles. The molecule has 2 aromatic rings. The number of cyclic esters (lactones) is 2. The van der Waals surface area contributed by atoms with E-state index in [1.54, 1.807) is 24.3 Å². The van der Waals surface area contributed by atoms with Crippen LogP contribution in [0, 0.1) is 6.92 Å². The molecule has 1 saturated heterocycles. The van der Waals surface area contributed by atoms with Crippen LogP contribution in [0.1, 0.15) is 25.2 Å². The van der Waals surface area contributed by atoms with Crippen LogP contribution in [0.25, 0.3) is 5.69 Å². The summed E-state index contributed by atoms with van der Waals surface area (Å²) in [5.41, 5.74) is -0.0484. The Labute approximate surface area is 157 Å². The highest BCUT2D eigenvalue weighted by molar-refractivity contribution is 6.15. The second-order valence-electron chi connectivity index (χ2n) is 6.51. The van der Waals surface area contributed by atoms with E-state index in [-0.39, 0.29) is 5.57 Å². The summed E-state index contributed by atoms with van der Waals surface area (Å²) in [6.07, 6.45) is -3.38. The zero-order valence-electron chi connectivity index (χ0n) is 15.1. The molecule has 28 heavy (non-hydrogen) atoms. The molecule has 1 N–H and O–H groups in total. The minimum Gasteiger partial charge on any atom is -0.419 e. The van der Waals surface area contributed by atoms with Crippen LogP contribution in [0.5, 0.6) is 0 Å². The van der Waals surface area contributed by atoms with E-state index < -0.39 is 29.6 Å². The average molecular weight is 395 g/mol. The first-order valence-electron chi connectivity index (χ1n) is 8.14. The number of hydrogen-bond donors (Lipinski definition) is 1. The number of esters is 2. The summed E-state index contributed by atoms with van der Waals surface area (Å²) in [7, 11) is 0. The summed E-state index contributed by atoms with van der Waals surface area (Å²) < 4.78 is 49.5. The van der Waals surface area contributed by atoms with Gasteiger partial charge in [0.25, 0.3) is 5.79 Å². The number of carbonyl (C=O) groups excluding carboxylic acids is 2. The van der Waals surface area contributed by atoms with Gasteiger partial charge >= 0.3 is 18.1 Å². The normalized spacial score (nSPS) is 16.4. The second-order valence-corrected chi connectivity index (χ2v) is 6.51. The van der Waals surface area contributed by atoms with Crippen LogP contribution in [-0.4, -0.2) is 27.5 Å². The fourth-order valence-electron chi connectivity index (χ4n) is 2.51. The SMILES string of the molecule is Cc1cc(C(F)(F)F)nn1-c1ccc(NC=C2C(=O)OC(C)(C)OC2=O)cc1. The lowest BCUT2D eigenvalue weighted by molar-refractivity contribution is -0.222. The Kier molecular flexibility index (Phi) is 4.66. The molecule has 0 amide bonds. The molecular formula is C18H16F3N3O4. The maximum absolute atomic E-state index is 12.8. The van der Waals surface area contributed by atoms with Gasteiger partial charge in [-0.3, -0.25) is 0 Å². The Morgan fingerprint density at radius 3 is 2.18 bits per heavy atom. The van der Waals surface area contributed by atoms with E-state index in [0.29, 0.717) is 17.1 Å². The molecule has 0 saturated carbocycles. The summed E-state index contributed by atoms with van der Waals surface area (Å²) >= 11 is 0. The van der Waals surface area contributed by atoms with Gasteiger partial charge in [0.2, 0.25) is 0 Å². The number of rotatable bonds is 3. The van der Waals surface area contributed by atoms with Gasteiger partial charge in [-0.05, 0) is 37.3 Å². The summed E-state index contributed by atoms with van der Waals surface area (Å²) in [4.78, 5) is 23.7. The molecule has 1 aliphatic rings. The molecule has 0 radical (unpaired) electrons. The Balaban J connectivity index is 1.76. The smallest absolute Gasteiger partial charge is 0.419 e. The highest BCUT2D eigenvalue weighted by Gasteiger charge is 2.39. The lowest BCUT2D eigenvalue weighted by atomic mass is 10.2. The number of benzene rings is 1. The van der Waals surface area contributed by atoms with E-state index in [2.05, 4.69) is 10.4 Å². The van der Waals surface area contributed by atoms with Crippen molar-refractivity contribution in [1.29, 1.82) is 0 Å². The Bertz CT molecular complexity index is 937. The van der Waals surface area contributed by atoms with Gasteiger partial charge in [-0.2, -0.15) is 18.3 Å². The van der Waals surface area contributed by atoms with Crippen LogP contribution < -0.4 is 5.32 Å². The fraction of sp³-hybridized carbons (Fsp3) is 0.278. The van der Waals surface area contributed by atoms with Crippen molar-refractivity contribution in [2.24, 2.45) is 0 Å². The standard InChI is InChI=1S/C18H16F3N3O4/c1-10-8-14(18(19,20)21)23-24(10)12-6-4-11(5-7-12)22-9-13-15(25)27-17(2,3)28-16(13)26/h4-9,22H,1-3H3. The summed E-state index contributed by atoms with van der Waals surface area (Å²) in [6.45, 7) is 4.39. The molecule has 3 rings (SSSR count). The second kappa shape index (κ2) is 6.70. The van der Waals surface area contributed by atoms with Crippen LogP contribution in [0.4, 0.5) is 18.9 Å². The third-order valence-electron chi connectivity index (χ3n) is 3.79. The zero-order valence-corrected chi connectivity index (χ0v) is 15.1. The number of alkyl halides is 3. The first-order valence-corrected chi connectivity index (χ1v) is 8.14. The molecule has 10 heteroatoms. The van der Waals surface area contributed by atoms with Crippen molar-refractivity contribution >= 4 is 17.6 Å². The first kappa shape index (κ1) is 19.5. The van der Waals surface area contributed by atoms with Gasteiger partial charge < -0.3 is 14.8 Å². The molecule has 0 spiro atoms. The van der Waals surface area contributed by atoms with Gasteiger partial charge in [0.05, 0.1) is 5.69 Å². The van der Waals surface area contributed by atoms with Crippen LogP contribution in [0.2, 0.25) is 0 Å². The first-order chi connectivity index (χ1) is 13.0. The molecule has 2 heterocycles. The van der Waals surface area contributed by atoms with Crippen molar-refractivity contribution in [2.75, 3.05) is 5.32 Å². The quantitative estimate of drug-likeness (QED) is 0.488. The van der Waals surface area contributed by atoms with Gasteiger partial charge in [0.15, 0.2) is 11.3 Å². The van der Waals surface area contributed by atoms with Crippen molar-refractivity contribution in [2.45, 2.75) is 32.7 Å². The molecule has 1 fully saturated rings. The topological polar surface area (TPSA) is 82.5 Å². The van der Waals surface area contributed by atoms with Crippen LogP contribution in [-0.2, 0) is 25.2 Å². The molecule has 0 aliphatic carbocycles. The van der Waals surface area contributed by atoms with Crippen molar-refractivity contribution in [3.8, 4) is 5.69 Å². The Hall–Kier alpha value is -3.30. The predicted molar refractivity (Wildman–Crippen MR) is 91.3 cm³/mol. The van der Waals surface area contributed by atoms with E-state index in [9.17, 15) is 22.8 Å². The average Bonchev–Trinajstić information content (AvgIpc) is 2.96. The number of aryl methyl sites for hydroxylation is 1. The maximum atomic E-state index is 12.8. The maximum Gasteiger partial charge on any atom is 0.435 e. The summed E-state index contributed by atoms with van der Waals surface area (Å²) in [5, 5.41) is 6.32. The minimum atomic E-state index is -4.53. The van der Waals surface area contributed by atoms with Crippen LogP contribution in [0.3, 0.4) is 0 Å². The summed E-state index contributed by atoms with van der Waals surface area (Å²) in [6, 6.07) is 7.16. The highest BCUT2D eigenvalue weighted by Crippen LogP contribution is 2.29. The number of hydrogen-bond acceptors (Lipinski definition) is 6. The minimum absolute atomic E-state index is 0.304. The highest BCUT2D eigenvalue weighted by atomic mass is 19.4. The number of halogens is 3. The summed E-state index contributed by atoms with van der Waals surface area (Å²) in [5.74, 6) is -2.97. The molecule has 1 aliphatic heterocycles. The number of carbonyl (C=O) groups is 2. The monoisotopic (exact) mass is 395 g/mol. The van der Waals surface area contributed by atoms with Gasteiger partial charge in [-0.15, -0.1) is 0 Å². The van der Waals surface area contributed by atoms with Crippen LogP contribution >= 0.6 is 0 Å². The molecule has 0 bridgehead atoms. The van der Waals surface area contributed by atoms with Gasteiger partial charge in [-0.25, -0.2) is 14.3 Å². The van der Waals surface area contributed by atoms with Crippen molar-refractivity contribution < 1.29 is 32.2 Å². The van der Waals surface area contributed by atoms with Crippen molar-refractivity contribution in [1.82, 2.24) is 9.78 Å². The number of nitrogens with one attached hydrogen (secondary N) is 1. The van der Waals surface area contributed by atoms with E-state index >= 15 is 0 Å².